The van der Waals surface area contributed by atoms with Crippen molar-refractivity contribution in [1.82, 2.24) is 20.2 Å². The Balaban J connectivity index is 1.83. The Labute approximate surface area is 136 Å². The third-order valence-electron chi connectivity index (χ3n) is 3.99. The van der Waals surface area contributed by atoms with E-state index in [0.29, 0.717) is 10.6 Å². The molecule has 2 fully saturated rings. The molecule has 2 aliphatic rings. The number of halogens is 1. The molecule has 2 aliphatic heterocycles. The van der Waals surface area contributed by atoms with E-state index < -0.39 is 29.7 Å². The Hall–Kier alpha value is -2.97. The third-order valence-corrected chi connectivity index (χ3v) is 3.99. The number of carbonyl (C=O) groups is 4. The van der Waals surface area contributed by atoms with Crippen molar-refractivity contribution < 1.29 is 23.6 Å². The first-order valence-electron chi connectivity index (χ1n) is 7.32. The average molecular weight is 334 g/mol. The van der Waals surface area contributed by atoms with Gasteiger partial charge in [0.05, 0.1) is 6.67 Å². The molecule has 1 atom stereocenters. The quantitative estimate of drug-likeness (QED) is 0.792. The van der Waals surface area contributed by atoms with Crippen LogP contribution in [0.2, 0.25) is 0 Å². The average Bonchev–Trinajstić information content (AvgIpc) is 3.02. The first-order chi connectivity index (χ1) is 11.4. The maximum atomic E-state index is 13.1. The van der Waals surface area contributed by atoms with E-state index in [1.807, 2.05) is 0 Å². The predicted octanol–water partition coefficient (Wildman–Crippen LogP) is 0.372. The molecule has 3 rings (SSSR count). The maximum absolute atomic E-state index is 13.1. The fourth-order valence-corrected chi connectivity index (χ4v) is 2.73. The van der Waals surface area contributed by atoms with Crippen LogP contribution < -0.4 is 5.43 Å². The first-order valence-corrected chi connectivity index (χ1v) is 7.32. The second kappa shape index (κ2) is 5.91. The van der Waals surface area contributed by atoms with Crippen LogP contribution in [0.15, 0.2) is 24.3 Å². The van der Waals surface area contributed by atoms with Crippen LogP contribution in [0, 0.1) is 5.82 Å². The lowest BCUT2D eigenvalue weighted by Gasteiger charge is -2.25. The Bertz CT molecular complexity index is 705. The highest BCUT2D eigenvalue weighted by molar-refractivity contribution is 6.03. The molecule has 1 aromatic rings. The van der Waals surface area contributed by atoms with E-state index >= 15 is 0 Å². The largest absolute Gasteiger partial charge is 0.339 e. The molecule has 2 saturated heterocycles. The van der Waals surface area contributed by atoms with Crippen molar-refractivity contribution in [2.24, 2.45) is 0 Å². The summed E-state index contributed by atoms with van der Waals surface area (Å²) in [5.74, 6) is -1.78. The summed E-state index contributed by atoms with van der Waals surface area (Å²) in [6.45, 7) is -0.0110. The highest BCUT2D eigenvalue weighted by Gasteiger charge is 2.42. The highest BCUT2D eigenvalue weighted by atomic mass is 19.1. The predicted molar refractivity (Wildman–Crippen MR) is 78.2 cm³/mol. The van der Waals surface area contributed by atoms with Gasteiger partial charge >= 0.3 is 6.03 Å². The van der Waals surface area contributed by atoms with E-state index in [1.165, 1.54) is 41.1 Å². The first kappa shape index (κ1) is 15.9. The molecular formula is C15H15FN4O4. The number of carbonyl (C=O) groups excluding carboxylic acids is 4. The van der Waals surface area contributed by atoms with Gasteiger partial charge in [-0.25, -0.2) is 14.6 Å². The van der Waals surface area contributed by atoms with Gasteiger partial charge in [0.1, 0.15) is 11.9 Å². The van der Waals surface area contributed by atoms with Crippen LogP contribution in [0.4, 0.5) is 9.18 Å². The van der Waals surface area contributed by atoms with Crippen molar-refractivity contribution >= 4 is 23.8 Å². The van der Waals surface area contributed by atoms with Crippen LogP contribution in [0.1, 0.15) is 24.4 Å². The molecule has 0 saturated carbocycles. The van der Waals surface area contributed by atoms with Crippen LogP contribution >= 0.6 is 0 Å². The summed E-state index contributed by atoms with van der Waals surface area (Å²) in [7, 11) is 1.53. The van der Waals surface area contributed by atoms with Gasteiger partial charge < -0.3 is 4.90 Å². The summed E-state index contributed by atoms with van der Waals surface area (Å²) >= 11 is 0. The lowest BCUT2D eigenvalue weighted by Crippen LogP contribution is -2.51. The number of amides is 5. The Morgan fingerprint density at radius 3 is 2.29 bits per heavy atom. The number of nitrogens with one attached hydrogen (secondary N) is 1. The minimum absolute atomic E-state index is 0.0110. The zero-order valence-electron chi connectivity index (χ0n) is 12.9. The summed E-state index contributed by atoms with van der Waals surface area (Å²) in [6, 6.07) is 3.55. The molecule has 126 valence electrons. The van der Waals surface area contributed by atoms with Crippen molar-refractivity contribution in [2.75, 3.05) is 13.7 Å². The molecule has 2 heterocycles. The third kappa shape index (κ3) is 2.68. The number of hydrazine groups is 1. The number of likely N-dealkylation sites (N-methyl/N-ethyl adjacent to an activating group) is 1. The molecule has 8 nitrogen and oxygen atoms in total. The molecule has 5 amide bonds. The zero-order chi connectivity index (χ0) is 17.4. The van der Waals surface area contributed by atoms with Crippen molar-refractivity contribution in [1.29, 1.82) is 0 Å². The number of imide groups is 1. The summed E-state index contributed by atoms with van der Waals surface area (Å²) in [5.41, 5.74) is 2.69. The van der Waals surface area contributed by atoms with Gasteiger partial charge in [-0.05, 0) is 17.7 Å². The SMILES string of the molecule is CN1CN(C(=O)NN2C(=O)CCC2=O)[C@@H](c2ccc(F)cc2)C1=O. The smallest absolute Gasteiger partial charge is 0.326 e. The van der Waals surface area contributed by atoms with Crippen LogP contribution in [0.3, 0.4) is 0 Å². The lowest BCUT2D eigenvalue weighted by atomic mass is 10.1. The van der Waals surface area contributed by atoms with Crippen molar-refractivity contribution in [3.63, 3.8) is 0 Å². The molecule has 0 unspecified atom stereocenters. The highest BCUT2D eigenvalue weighted by Crippen LogP contribution is 2.29. The van der Waals surface area contributed by atoms with E-state index in [0.717, 1.165) is 0 Å². The van der Waals surface area contributed by atoms with E-state index in [1.54, 1.807) is 0 Å². The van der Waals surface area contributed by atoms with E-state index in [-0.39, 0.29) is 25.4 Å². The number of rotatable bonds is 2. The van der Waals surface area contributed by atoms with Gasteiger partial charge in [-0.3, -0.25) is 19.3 Å². The fourth-order valence-electron chi connectivity index (χ4n) is 2.73. The normalized spacial score (nSPS) is 21.0. The number of urea groups is 1. The summed E-state index contributed by atoms with van der Waals surface area (Å²) < 4.78 is 13.1. The van der Waals surface area contributed by atoms with Gasteiger partial charge in [-0.2, -0.15) is 5.01 Å². The number of hydrogen-bond acceptors (Lipinski definition) is 4. The number of hydrogen-bond donors (Lipinski definition) is 1. The lowest BCUT2D eigenvalue weighted by molar-refractivity contribution is -0.141. The Morgan fingerprint density at radius 1 is 1.12 bits per heavy atom. The van der Waals surface area contributed by atoms with Crippen LogP contribution in [0.5, 0.6) is 0 Å². The van der Waals surface area contributed by atoms with Gasteiger partial charge in [0.15, 0.2) is 0 Å². The minimum Gasteiger partial charge on any atom is -0.326 e. The molecule has 0 aromatic heterocycles. The number of nitrogens with zero attached hydrogens (tertiary/aromatic N) is 3. The Kier molecular flexibility index (Phi) is 3.92. The standard InChI is InChI=1S/C15H15FN4O4/c1-18-8-19(15(24)17-20-11(21)6-7-12(20)22)13(14(18)23)9-2-4-10(16)5-3-9/h2-5,13H,6-8H2,1H3,(H,17,24)/t13-/m0/s1. The minimum atomic E-state index is -0.941. The van der Waals surface area contributed by atoms with Crippen LogP contribution in [-0.2, 0) is 14.4 Å². The van der Waals surface area contributed by atoms with E-state index in [9.17, 15) is 23.6 Å². The van der Waals surface area contributed by atoms with Gasteiger partial charge in [0.2, 0.25) is 11.8 Å². The molecular weight excluding hydrogens is 319 g/mol. The van der Waals surface area contributed by atoms with Gasteiger partial charge in [-0.1, -0.05) is 12.1 Å². The number of benzene rings is 1. The molecule has 0 spiro atoms. The maximum Gasteiger partial charge on any atom is 0.339 e. The van der Waals surface area contributed by atoms with E-state index in [4.69, 9.17) is 0 Å². The Morgan fingerprint density at radius 2 is 1.71 bits per heavy atom. The monoisotopic (exact) mass is 334 g/mol. The molecule has 0 radical (unpaired) electrons. The van der Waals surface area contributed by atoms with Gasteiger partial charge in [0, 0.05) is 19.9 Å². The topological polar surface area (TPSA) is 90.0 Å². The fraction of sp³-hybridized carbons (Fsp3) is 0.333. The van der Waals surface area contributed by atoms with Crippen LogP contribution in [-0.4, -0.2) is 52.3 Å². The van der Waals surface area contributed by atoms with Crippen molar-refractivity contribution in [3.8, 4) is 0 Å². The van der Waals surface area contributed by atoms with Gasteiger partial charge in [0.25, 0.3) is 5.91 Å². The molecule has 0 bridgehead atoms. The molecule has 0 aliphatic carbocycles. The van der Waals surface area contributed by atoms with Gasteiger partial charge in [-0.15, -0.1) is 0 Å². The second-order valence-electron chi connectivity index (χ2n) is 5.64. The molecule has 1 N–H and O–H groups in total. The second-order valence-corrected chi connectivity index (χ2v) is 5.64. The van der Waals surface area contributed by atoms with Crippen molar-refractivity contribution in [3.05, 3.63) is 35.6 Å². The van der Waals surface area contributed by atoms with E-state index in [2.05, 4.69) is 5.43 Å². The van der Waals surface area contributed by atoms with Crippen LogP contribution in [0.25, 0.3) is 0 Å². The summed E-state index contributed by atoms with van der Waals surface area (Å²) in [4.78, 5) is 50.5. The summed E-state index contributed by atoms with van der Waals surface area (Å²) in [6.07, 6.45) is 0.0820. The molecule has 24 heavy (non-hydrogen) atoms. The summed E-state index contributed by atoms with van der Waals surface area (Å²) in [5, 5.41) is 0.673. The molecule has 1 aromatic carbocycles. The zero-order valence-corrected chi connectivity index (χ0v) is 12.9. The molecule has 9 heteroatoms. The van der Waals surface area contributed by atoms with Crippen molar-refractivity contribution in [2.45, 2.75) is 18.9 Å².